The molecule has 8 nitrogen and oxygen atoms in total. The van der Waals surface area contributed by atoms with Gasteiger partial charge in [-0.05, 0) is 18.2 Å². The number of benzene rings is 1. The topological polar surface area (TPSA) is 99.2 Å². The lowest BCUT2D eigenvalue weighted by atomic mass is 10.1. The summed E-state index contributed by atoms with van der Waals surface area (Å²) in [6.07, 6.45) is 0.106. The van der Waals surface area contributed by atoms with Crippen LogP contribution in [-0.4, -0.2) is 68.1 Å². The van der Waals surface area contributed by atoms with Gasteiger partial charge in [-0.3, -0.25) is 14.4 Å². The number of fused-ring (bicyclic) bond motifs is 1. The fraction of sp³-hybridized carbons (Fsp3) is 0.438. The molecule has 0 fully saturated rings. The van der Waals surface area contributed by atoms with E-state index in [1.54, 1.807) is 32.3 Å². The number of carbonyl (C=O) groups excluding carboxylic acids is 2. The van der Waals surface area contributed by atoms with Crippen LogP contribution in [0.25, 0.3) is 0 Å². The first-order valence-corrected chi connectivity index (χ1v) is 7.49. The number of anilines is 1. The maximum absolute atomic E-state index is 12.1. The molecule has 0 saturated heterocycles. The van der Waals surface area contributed by atoms with Crippen molar-refractivity contribution in [2.45, 2.75) is 12.5 Å². The van der Waals surface area contributed by atoms with E-state index in [4.69, 9.17) is 9.84 Å². The SMILES string of the molecule is CN(C)C(=O)c1ccc2c(c1)N(C)[C@H](CC(=O)NCC(=O)O)CO2. The second-order valence-electron chi connectivity index (χ2n) is 5.83. The molecule has 1 aliphatic heterocycles. The summed E-state index contributed by atoms with van der Waals surface area (Å²) in [4.78, 5) is 37.8. The number of carboxylic acid groups (broad SMARTS) is 1. The van der Waals surface area contributed by atoms with Crippen molar-refractivity contribution in [3.8, 4) is 5.75 Å². The summed E-state index contributed by atoms with van der Waals surface area (Å²) in [5, 5.41) is 10.9. The van der Waals surface area contributed by atoms with E-state index in [0.29, 0.717) is 17.9 Å². The molecule has 1 aromatic carbocycles. The number of ether oxygens (including phenoxy) is 1. The fourth-order valence-electron chi connectivity index (χ4n) is 2.46. The van der Waals surface area contributed by atoms with Crippen molar-refractivity contribution in [3.63, 3.8) is 0 Å². The van der Waals surface area contributed by atoms with E-state index in [2.05, 4.69) is 5.32 Å². The van der Waals surface area contributed by atoms with E-state index in [1.165, 1.54) is 4.90 Å². The van der Waals surface area contributed by atoms with E-state index in [-0.39, 0.29) is 24.3 Å². The Morgan fingerprint density at radius 2 is 2.08 bits per heavy atom. The number of carboxylic acids is 1. The van der Waals surface area contributed by atoms with Crippen LogP contribution < -0.4 is 15.0 Å². The van der Waals surface area contributed by atoms with Crippen molar-refractivity contribution in [3.05, 3.63) is 23.8 Å². The molecule has 1 heterocycles. The molecule has 2 N–H and O–H groups in total. The number of nitrogens with zero attached hydrogens (tertiary/aromatic N) is 2. The summed E-state index contributed by atoms with van der Waals surface area (Å²) in [6.45, 7) is -0.0981. The molecule has 0 unspecified atom stereocenters. The largest absolute Gasteiger partial charge is 0.489 e. The molecular weight excluding hydrogens is 314 g/mol. The second-order valence-corrected chi connectivity index (χ2v) is 5.83. The van der Waals surface area contributed by atoms with Crippen LogP contribution in [-0.2, 0) is 9.59 Å². The maximum Gasteiger partial charge on any atom is 0.322 e. The molecule has 0 radical (unpaired) electrons. The highest BCUT2D eigenvalue weighted by Gasteiger charge is 2.27. The van der Waals surface area contributed by atoms with Crippen LogP contribution in [0.4, 0.5) is 5.69 Å². The summed E-state index contributed by atoms with van der Waals surface area (Å²) >= 11 is 0. The van der Waals surface area contributed by atoms with Crippen LogP contribution in [0, 0.1) is 0 Å². The van der Waals surface area contributed by atoms with Gasteiger partial charge in [-0.1, -0.05) is 0 Å². The Kier molecular flexibility index (Phi) is 5.28. The molecule has 8 heteroatoms. The first-order valence-electron chi connectivity index (χ1n) is 7.49. The molecule has 0 spiro atoms. The number of carbonyl (C=O) groups is 3. The van der Waals surface area contributed by atoms with Crippen LogP contribution in [0.15, 0.2) is 18.2 Å². The van der Waals surface area contributed by atoms with Crippen molar-refractivity contribution in [1.29, 1.82) is 0 Å². The Balaban J connectivity index is 2.12. The summed E-state index contributed by atoms with van der Waals surface area (Å²) in [7, 11) is 5.18. The minimum absolute atomic E-state index is 0.106. The summed E-state index contributed by atoms with van der Waals surface area (Å²) in [5.74, 6) is -0.918. The van der Waals surface area contributed by atoms with Gasteiger partial charge in [-0.2, -0.15) is 0 Å². The van der Waals surface area contributed by atoms with Crippen molar-refractivity contribution in [2.75, 3.05) is 39.2 Å². The number of hydrogen-bond acceptors (Lipinski definition) is 5. The minimum Gasteiger partial charge on any atom is -0.489 e. The monoisotopic (exact) mass is 335 g/mol. The number of amides is 2. The Hall–Kier alpha value is -2.77. The lowest BCUT2D eigenvalue weighted by molar-refractivity contribution is -0.138. The van der Waals surface area contributed by atoms with Gasteiger partial charge in [0.05, 0.1) is 18.2 Å². The molecule has 2 amide bonds. The van der Waals surface area contributed by atoms with Crippen molar-refractivity contribution < 1.29 is 24.2 Å². The first-order chi connectivity index (χ1) is 11.3. The van der Waals surface area contributed by atoms with Gasteiger partial charge >= 0.3 is 5.97 Å². The standard InChI is InChI=1S/C16H21N3O5/c1-18(2)16(23)10-4-5-13-12(6-10)19(3)11(9-24-13)7-14(20)17-8-15(21)22/h4-6,11H,7-9H2,1-3H3,(H,17,20)(H,21,22)/t11-/m1/s1. The van der Waals surface area contributed by atoms with Crippen LogP contribution in [0.2, 0.25) is 0 Å². The number of hydrogen-bond donors (Lipinski definition) is 2. The zero-order chi connectivity index (χ0) is 17.9. The highest BCUT2D eigenvalue weighted by molar-refractivity contribution is 5.95. The highest BCUT2D eigenvalue weighted by atomic mass is 16.5. The van der Waals surface area contributed by atoms with E-state index in [0.717, 1.165) is 5.69 Å². The molecule has 1 aromatic rings. The zero-order valence-corrected chi connectivity index (χ0v) is 13.9. The molecule has 2 rings (SSSR count). The van der Waals surface area contributed by atoms with Gasteiger partial charge in [0.15, 0.2) is 0 Å². The molecular formula is C16H21N3O5. The molecule has 0 aliphatic carbocycles. The minimum atomic E-state index is -1.09. The molecule has 130 valence electrons. The van der Waals surface area contributed by atoms with E-state index in [1.807, 2.05) is 11.9 Å². The normalized spacial score (nSPS) is 16.0. The smallest absolute Gasteiger partial charge is 0.322 e. The molecule has 24 heavy (non-hydrogen) atoms. The zero-order valence-electron chi connectivity index (χ0n) is 13.9. The summed E-state index contributed by atoms with van der Waals surface area (Å²) in [5.41, 5.74) is 1.26. The van der Waals surface area contributed by atoms with Gasteiger partial charge in [-0.15, -0.1) is 0 Å². The number of nitrogens with one attached hydrogen (secondary N) is 1. The average molecular weight is 335 g/mol. The molecule has 0 bridgehead atoms. The Bertz CT molecular complexity index is 659. The average Bonchev–Trinajstić information content (AvgIpc) is 2.54. The fourth-order valence-corrected chi connectivity index (χ4v) is 2.46. The Labute approximate surface area is 140 Å². The van der Waals surface area contributed by atoms with Crippen LogP contribution in [0.1, 0.15) is 16.8 Å². The second kappa shape index (κ2) is 7.20. The van der Waals surface area contributed by atoms with Crippen LogP contribution >= 0.6 is 0 Å². The molecule has 0 aromatic heterocycles. The van der Waals surface area contributed by atoms with Crippen LogP contribution in [0.5, 0.6) is 5.75 Å². The Morgan fingerprint density at radius 1 is 1.38 bits per heavy atom. The van der Waals surface area contributed by atoms with Gasteiger partial charge in [0, 0.05) is 26.7 Å². The van der Waals surface area contributed by atoms with Crippen molar-refractivity contribution in [2.24, 2.45) is 0 Å². The maximum atomic E-state index is 12.1. The van der Waals surface area contributed by atoms with Crippen LogP contribution in [0.3, 0.4) is 0 Å². The third-order valence-electron chi connectivity index (χ3n) is 3.83. The molecule has 1 aliphatic rings. The van der Waals surface area contributed by atoms with E-state index in [9.17, 15) is 14.4 Å². The number of likely N-dealkylation sites (N-methyl/N-ethyl adjacent to an activating group) is 1. The predicted octanol–water partition coefficient (Wildman–Crippen LogP) is 0.177. The number of rotatable bonds is 5. The predicted molar refractivity (Wildman–Crippen MR) is 87.4 cm³/mol. The third-order valence-corrected chi connectivity index (χ3v) is 3.83. The van der Waals surface area contributed by atoms with E-state index >= 15 is 0 Å². The third kappa shape index (κ3) is 3.95. The van der Waals surface area contributed by atoms with Crippen molar-refractivity contribution in [1.82, 2.24) is 10.2 Å². The van der Waals surface area contributed by atoms with Crippen molar-refractivity contribution >= 4 is 23.5 Å². The first kappa shape index (κ1) is 17.6. The van der Waals surface area contributed by atoms with Gasteiger partial charge in [0.25, 0.3) is 5.91 Å². The quantitative estimate of drug-likeness (QED) is 0.796. The highest BCUT2D eigenvalue weighted by Crippen LogP contribution is 2.34. The molecule has 1 atom stereocenters. The van der Waals surface area contributed by atoms with E-state index < -0.39 is 12.5 Å². The van der Waals surface area contributed by atoms with Gasteiger partial charge < -0.3 is 25.0 Å². The van der Waals surface area contributed by atoms with Gasteiger partial charge in [0.2, 0.25) is 5.91 Å². The summed E-state index contributed by atoms with van der Waals surface area (Å²) in [6, 6.07) is 4.94. The Morgan fingerprint density at radius 3 is 2.71 bits per heavy atom. The molecule has 0 saturated carbocycles. The lowest BCUT2D eigenvalue weighted by Gasteiger charge is -2.35. The van der Waals surface area contributed by atoms with Gasteiger partial charge in [-0.25, -0.2) is 0 Å². The summed E-state index contributed by atoms with van der Waals surface area (Å²) < 4.78 is 5.67. The number of aliphatic carboxylic acids is 1. The van der Waals surface area contributed by atoms with Gasteiger partial charge in [0.1, 0.15) is 18.9 Å². The lowest BCUT2D eigenvalue weighted by Crippen LogP contribution is -2.44.